The summed E-state index contributed by atoms with van der Waals surface area (Å²) in [7, 11) is 0. The third kappa shape index (κ3) is 2.87. The van der Waals surface area contributed by atoms with E-state index < -0.39 is 0 Å². The smallest absolute Gasteiger partial charge is 0.254 e. The summed E-state index contributed by atoms with van der Waals surface area (Å²) >= 11 is 0. The molecule has 1 aliphatic heterocycles. The molecule has 0 saturated carbocycles. The maximum Gasteiger partial charge on any atom is 0.254 e. The number of benzene rings is 1. The molecular formula is C15H21NO. The van der Waals surface area contributed by atoms with Gasteiger partial charge in [0.1, 0.15) is 0 Å². The van der Waals surface area contributed by atoms with E-state index in [1.807, 2.05) is 23.1 Å². The van der Waals surface area contributed by atoms with Crippen LogP contribution in [-0.4, -0.2) is 23.9 Å². The minimum atomic E-state index is 0.218. The van der Waals surface area contributed by atoms with Crippen LogP contribution in [-0.2, 0) is 6.42 Å². The SMILES string of the molecule is CC(C)CCCN1CCc2ccccc2C1=O. The molecule has 1 aliphatic rings. The van der Waals surface area contributed by atoms with Gasteiger partial charge in [-0.2, -0.15) is 0 Å². The van der Waals surface area contributed by atoms with Crippen molar-refractivity contribution in [2.45, 2.75) is 33.1 Å². The molecule has 0 unspecified atom stereocenters. The fourth-order valence-corrected chi connectivity index (χ4v) is 2.38. The highest BCUT2D eigenvalue weighted by Crippen LogP contribution is 2.19. The Morgan fingerprint density at radius 2 is 2.06 bits per heavy atom. The summed E-state index contributed by atoms with van der Waals surface area (Å²) in [5.41, 5.74) is 2.11. The number of hydrogen-bond acceptors (Lipinski definition) is 1. The summed E-state index contributed by atoms with van der Waals surface area (Å²) < 4.78 is 0. The van der Waals surface area contributed by atoms with Crippen LogP contribution in [0.5, 0.6) is 0 Å². The molecule has 2 nitrogen and oxygen atoms in total. The lowest BCUT2D eigenvalue weighted by Gasteiger charge is -2.28. The first kappa shape index (κ1) is 12.2. The highest BCUT2D eigenvalue weighted by molar-refractivity contribution is 5.96. The van der Waals surface area contributed by atoms with Gasteiger partial charge in [-0.25, -0.2) is 0 Å². The van der Waals surface area contributed by atoms with Gasteiger partial charge in [-0.05, 0) is 36.8 Å². The van der Waals surface area contributed by atoms with Crippen LogP contribution < -0.4 is 0 Å². The van der Waals surface area contributed by atoms with Crippen LogP contribution in [0.2, 0.25) is 0 Å². The third-order valence-electron chi connectivity index (χ3n) is 3.40. The zero-order chi connectivity index (χ0) is 12.3. The summed E-state index contributed by atoms with van der Waals surface area (Å²) in [5, 5.41) is 0. The summed E-state index contributed by atoms with van der Waals surface area (Å²) in [4.78, 5) is 14.2. The van der Waals surface area contributed by atoms with Crippen molar-refractivity contribution in [3.63, 3.8) is 0 Å². The van der Waals surface area contributed by atoms with Crippen molar-refractivity contribution < 1.29 is 4.79 Å². The molecule has 0 aromatic heterocycles. The summed E-state index contributed by atoms with van der Waals surface area (Å²) in [6.07, 6.45) is 3.32. The van der Waals surface area contributed by atoms with Gasteiger partial charge in [-0.3, -0.25) is 4.79 Å². The van der Waals surface area contributed by atoms with Crippen LogP contribution in [0.3, 0.4) is 0 Å². The maximum absolute atomic E-state index is 12.2. The van der Waals surface area contributed by atoms with Crippen LogP contribution in [0.4, 0.5) is 0 Å². The van der Waals surface area contributed by atoms with Crippen LogP contribution in [0.25, 0.3) is 0 Å². The first-order valence-corrected chi connectivity index (χ1v) is 6.55. The molecule has 2 heteroatoms. The van der Waals surface area contributed by atoms with E-state index in [1.165, 1.54) is 12.0 Å². The van der Waals surface area contributed by atoms with Crippen molar-refractivity contribution in [1.29, 1.82) is 0 Å². The number of rotatable bonds is 4. The number of hydrogen-bond donors (Lipinski definition) is 0. The summed E-state index contributed by atoms with van der Waals surface area (Å²) in [5.74, 6) is 0.942. The zero-order valence-corrected chi connectivity index (χ0v) is 10.8. The molecule has 0 fully saturated rings. The van der Waals surface area contributed by atoms with Crippen molar-refractivity contribution in [2.24, 2.45) is 5.92 Å². The molecule has 0 N–H and O–H groups in total. The van der Waals surface area contributed by atoms with Gasteiger partial charge in [0, 0.05) is 18.7 Å². The lowest BCUT2D eigenvalue weighted by atomic mass is 9.98. The zero-order valence-electron chi connectivity index (χ0n) is 10.8. The van der Waals surface area contributed by atoms with Crippen LogP contribution in [0.1, 0.15) is 42.6 Å². The monoisotopic (exact) mass is 231 g/mol. The Labute approximate surface area is 104 Å². The largest absolute Gasteiger partial charge is 0.338 e. The Kier molecular flexibility index (Phi) is 3.82. The lowest BCUT2D eigenvalue weighted by Crippen LogP contribution is -2.38. The number of carbonyl (C=O) groups excluding carboxylic acids is 1. The van der Waals surface area contributed by atoms with E-state index in [-0.39, 0.29) is 5.91 Å². The molecule has 0 spiro atoms. The fraction of sp³-hybridized carbons (Fsp3) is 0.533. The van der Waals surface area contributed by atoms with Gasteiger partial charge in [0.2, 0.25) is 0 Å². The van der Waals surface area contributed by atoms with Crippen molar-refractivity contribution in [3.8, 4) is 0 Å². The molecule has 0 saturated heterocycles. The molecule has 0 bridgehead atoms. The molecular weight excluding hydrogens is 210 g/mol. The highest BCUT2D eigenvalue weighted by Gasteiger charge is 2.22. The second-order valence-electron chi connectivity index (χ2n) is 5.24. The molecule has 1 aromatic rings. The van der Waals surface area contributed by atoms with Gasteiger partial charge in [-0.1, -0.05) is 32.0 Å². The van der Waals surface area contributed by atoms with E-state index in [2.05, 4.69) is 19.9 Å². The predicted molar refractivity (Wildman–Crippen MR) is 70.1 cm³/mol. The number of carbonyl (C=O) groups is 1. The molecule has 2 rings (SSSR count). The van der Waals surface area contributed by atoms with E-state index in [1.54, 1.807) is 0 Å². The second-order valence-corrected chi connectivity index (χ2v) is 5.24. The first-order chi connectivity index (χ1) is 8.18. The first-order valence-electron chi connectivity index (χ1n) is 6.55. The quantitative estimate of drug-likeness (QED) is 0.779. The highest BCUT2D eigenvalue weighted by atomic mass is 16.2. The van der Waals surface area contributed by atoms with Gasteiger partial charge >= 0.3 is 0 Å². The molecule has 1 amide bonds. The van der Waals surface area contributed by atoms with Crippen molar-refractivity contribution in [1.82, 2.24) is 4.90 Å². The molecule has 0 atom stereocenters. The predicted octanol–water partition coefficient (Wildman–Crippen LogP) is 3.12. The third-order valence-corrected chi connectivity index (χ3v) is 3.40. The van der Waals surface area contributed by atoms with Gasteiger partial charge in [-0.15, -0.1) is 0 Å². The van der Waals surface area contributed by atoms with Crippen molar-refractivity contribution in [3.05, 3.63) is 35.4 Å². The molecule has 1 aromatic carbocycles. The van der Waals surface area contributed by atoms with Crippen LogP contribution >= 0.6 is 0 Å². The topological polar surface area (TPSA) is 20.3 Å². The van der Waals surface area contributed by atoms with Crippen LogP contribution in [0.15, 0.2) is 24.3 Å². The molecule has 0 aliphatic carbocycles. The van der Waals surface area contributed by atoms with E-state index in [4.69, 9.17) is 0 Å². The van der Waals surface area contributed by atoms with E-state index in [0.29, 0.717) is 0 Å². The fourth-order valence-electron chi connectivity index (χ4n) is 2.38. The molecule has 1 heterocycles. The lowest BCUT2D eigenvalue weighted by molar-refractivity contribution is 0.0735. The Morgan fingerprint density at radius 1 is 1.29 bits per heavy atom. The standard InChI is InChI=1S/C15H21NO/c1-12(2)6-5-10-16-11-9-13-7-3-4-8-14(13)15(16)17/h3-4,7-8,12H,5-6,9-11H2,1-2H3. The minimum Gasteiger partial charge on any atom is -0.338 e. The Bertz CT molecular complexity index is 398. The molecule has 17 heavy (non-hydrogen) atoms. The van der Waals surface area contributed by atoms with Crippen LogP contribution in [0, 0.1) is 5.92 Å². The van der Waals surface area contributed by atoms with Gasteiger partial charge in [0.25, 0.3) is 5.91 Å². The van der Waals surface area contributed by atoms with Gasteiger partial charge < -0.3 is 4.90 Å². The molecule has 92 valence electrons. The number of fused-ring (bicyclic) bond motifs is 1. The Morgan fingerprint density at radius 3 is 2.82 bits per heavy atom. The van der Waals surface area contributed by atoms with Gasteiger partial charge in [0.05, 0.1) is 0 Å². The summed E-state index contributed by atoms with van der Waals surface area (Å²) in [6.45, 7) is 6.25. The van der Waals surface area contributed by atoms with Crippen molar-refractivity contribution in [2.75, 3.05) is 13.1 Å². The normalized spacial score (nSPS) is 15.2. The Balaban J connectivity index is 1.98. The van der Waals surface area contributed by atoms with E-state index in [9.17, 15) is 4.79 Å². The minimum absolute atomic E-state index is 0.218. The number of amides is 1. The maximum atomic E-state index is 12.2. The summed E-state index contributed by atoms with van der Waals surface area (Å²) in [6, 6.07) is 7.99. The Hall–Kier alpha value is -1.31. The average Bonchev–Trinajstić information content (AvgIpc) is 2.32. The number of nitrogens with zero attached hydrogens (tertiary/aromatic N) is 1. The van der Waals surface area contributed by atoms with Crippen molar-refractivity contribution >= 4 is 5.91 Å². The van der Waals surface area contributed by atoms with Gasteiger partial charge in [0.15, 0.2) is 0 Å². The molecule has 0 radical (unpaired) electrons. The average molecular weight is 231 g/mol. The van der Waals surface area contributed by atoms with E-state index in [0.717, 1.165) is 37.4 Å². The second kappa shape index (κ2) is 5.35. The van der Waals surface area contributed by atoms with E-state index >= 15 is 0 Å².